The van der Waals surface area contributed by atoms with E-state index in [1.807, 2.05) is 43.3 Å². The number of hydrogen-bond acceptors (Lipinski definition) is 5. The maximum Gasteiger partial charge on any atom is 0.296 e. The third-order valence-electron chi connectivity index (χ3n) is 5.89. The molecule has 0 fully saturated rings. The minimum atomic E-state index is -0.646. The number of carbonyl (C=O) groups excluding carboxylic acids is 1. The van der Waals surface area contributed by atoms with Gasteiger partial charge in [0.25, 0.3) is 5.91 Å². The number of hydrogen-bond donors (Lipinski definition) is 0. The first-order valence-corrected chi connectivity index (χ1v) is 11.1. The molecule has 4 aromatic rings. The van der Waals surface area contributed by atoms with Crippen molar-refractivity contribution in [3.05, 3.63) is 99.5 Å². The van der Waals surface area contributed by atoms with E-state index in [-0.39, 0.29) is 17.1 Å². The molecule has 0 bridgehead atoms. The second-order valence-corrected chi connectivity index (χ2v) is 8.21. The van der Waals surface area contributed by atoms with Gasteiger partial charge in [-0.15, -0.1) is 0 Å². The largest absolute Gasteiger partial charge is 0.494 e. The van der Waals surface area contributed by atoms with Gasteiger partial charge in [-0.1, -0.05) is 37.6 Å². The summed E-state index contributed by atoms with van der Waals surface area (Å²) in [7, 11) is 0. The van der Waals surface area contributed by atoms with Crippen molar-refractivity contribution in [2.24, 2.45) is 0 Å². The molecule has 1 aliphatic rings. The van der Waals surface area contributed by atoms with E-state index in [4.69, 9.17) is 9.15 Å². The molecular weight excluding hydrogens is 416 g/mol. The molecular formula is C27H24N2O4. The predicted octanol–water partition coefficient (Wildman–Crippen LogP) is 5.43. The van der Waals surface area contributed by atoms with E-state index in [9.17, 15) is 9.59 Å². The molecule has 0 saturated heterocycles. The first kappa shape index (κ1) is 20.9. The average Bonchev–Trinajstić information content (AvgIpc) is 3.12. The van der Waals surface area contributed by atoms with E-state index in [0.29, 0.717) is 29.0 Å². The Morgan fingerprint density at radius 2 is 1.85 bits per heavy atom. The van der Waals surface area contributed by atoms with E-state index in [1.165, 1.54) is 0 Å². The van der Waals surface area contributed by atoms with Gasteiger partial charge in [0.15, 0.2) is 5.43 Å². The number of amides is 1. The number of benzene rings is 2. The van der Waals surface area contributed by atoms with Gasteiger partial charge in [0, 0.05) is 6.20 Å². The monoisotopic (exact) mass is 440 g/mol. The maximum absolute atomic E-state index is 13.6. The Kier molecular flexibility index (Phi) is 5.42. The smallest absolute Gasteiger partial charge is 0.296 e. The van der Waals surface area contributed by atoms with E-state index < -0.39 is 6.04 Å². The van der Waals surface area contributed by atoms with Gasteiger partial charge in [-0.05, 0) is 60.9 Å². The van der Waals surface area contributed by atoms with Crippen molar-refractivity contribution in [3.8, 4) is 5.75 Å². The van der Waals surface area contributed by atoms with Crippen molar-refractivity contribution < 1.29 is 13.9 Å². The predicted molar refractivity (Wildman–Crippen MR) is 127 cm³/mol. The Morgan fingerprint density at radius 1 is 1.06 bits per heavy atom. The van der Waals surface area contributed by atoms with Gasteiger partial charge in [0.1, 0.15) is 17.2 Å². The highest BCUT2D eigenvalue weighted by molar-refractivity contribution is 6.10. The summed E-state index contributed by atoms with van der Waals surface area (Å²) in [5, 5.41) is 0.452. The number of fused-ring (bicyclic) bond motifs is 2. The second kappa shape index (κ2) is 8.54. The maximum atomic E-state index is 13.6. The SMILES string of the molecule is CCCCOc1ccc(C2c3c(oc4ccccc4c3=O)C(=O)N2c2cc(C)ccn2)cc1. The summed E-state index contributed by atoms with van der Waals surface area (Å²) in [6.45, 7) is 4.70. The van der Waals surface area contributed by atoms with E-state index in [2.05, 4.69) is 11.9 Å². The third-order valence-corrected chi connectivity index (χ3v) is 5.89. The van der Waals surface area contributed by atoms with Gasteiger partial charge < -0.3 is 9.15 Å². The minimum absolute atomic E-state index is 0.0651. The van der Waals surface area contributed by atoms with E-state index in [0.717, 1.165) is 29.7 Å². The summed E-state index contributed by atoms with van der Waals surface area (Å²) < 4.78 is 11.8. The Bertz CT molecular complexity index is 1390. The molecule has 2 aromatic heterocycles. The quantitative estimate of drug-likeness (QED) is 0.374. The first-order chi connectivity index (χ1) is 16.1. The number of aryl methyl sites for hydroxylation is 1. The fourth-order valence-electron chi connectivity index (χ4n) is 4.20. The van der Waals surface area contributed by atoms with Gasteiger partial charge in [-0.3, -0.25) is 14.5 Å². The lowest BCUT2D eigenvalue weighted by Crippen LogP contribution is -2.30. The Hall–Kier alpha value is -3.93. The Labute approximate surface area is 191 Å². The van der Waals surface area contributed by atoms with Crippen LogP contribution in [0.15, 0.2) is 76.1 Å². The van der Waals surface area contributed by atoms with Crippen LogP contribution < -0.4 is 15.1 Å². The number of pyridine rings is 1. The van der Waals surface area contributed by atoms with Crippen LogP contribution >= 0.6 is 0 Å². The number of aromatic nitrogens is 1. The van der Waals surface area contributed by atoms with Gasteiger partial charge in [-0.25, -0.2) is 4.98 Å². The Morgan fingerprint density at radius 3 is 2.61 bits per heavy atom. The number of carbonyl (C=O) groups is 1. The summed E-state index contributed by atoms with van der Waals surface area (Å²) in [4.78, 5) is 33.1. The van der Waals surface area contributed by atoms with Crippen molar-refractivity contribution in [1.29, 1.82) is 0 Å². The fourth-order valence-corrected chi connectivity index (χ4v) is 4.20. The molecule has 6 nitrogen and oxygen atoms in total. The van der Waals surface area contributed by atoms with Crippen LogP contribution in [-0.4, -0.2) is 17.5 Å². The third kappa shape index (κ3) is 3.67. The zero-order chi connectivity index (χ0) is 22.9. The molecule has 0 aliphatic carbocycles. The Balaban J connectivity index is 1.67. The number of ether oxygens (including phenoxy) is 1. The molecule has 5 rings (SSSR count). The molecule has 0 N–H and O–H groups in total. The molecule has 33 heavy (non-hydrogen) atoms. The average molecular weight is 440 g/mol. The van der Waals surface area contributed by atoms with E-state index >= 15 is 0 Å². The van der Waals surface area contributed by atoms with Crippen LogP contribution in [0.25, 0.3) is 11.0 Å². The minimum Gasteiger partial charge on any atom is -0.494 e. The summed E-state index contributed by atoms with van der Waals surface area (Å²) >= 11 is 0. The lowest BCUT2D eigenvalue weighted by molar-refractivity contribution is 0.0970. The number of anilines is 1. The standard InChI is InChI=1S/C27H24N2O4/c1-3-4-15-32-19-11-9-18(10-12-19)24-23-25(30)20-7-5-6-8-21(20)33-26(23)27(31)29(24)22-16-17(2)13-14-28-22/h5-14,16,24H,3-4,15H2,1-2H3. The topological polar surface area (TPSA) is 72.6 Å². The summed E-state index contributed by atoms with van der Waals surface area (Å²) in [5.74, 6) is 0.917. The zero-order valence-corrected chi connectivity index (χ0v) is 18.6. The van der Waals surface area contributed by atoms with E-state index in [1.54, 1.807) is 35.4 Å². The van der Waals surface area contributed by atoms with Crippen LogP contribution in [0, 0.1) is 6.92 Å². The molecule has 0 radical (unpaired) electrons. The van der Waals surface area contributed by atoms with Crippen LogP contribution in [0.4, 0.5) is 5.82 Å². The van der Waals surface area contributed by atoms with Crippen molar-refractivity contribution in [3.63, 3.8) is 0 Å². The molecule has 0 saturated carbocycles. The summed E-state index contributed by atoms with van der Waals surface area (Å²) in [6, 6.07) is 17.6. The van der Waals surface area contributed by atoms with Crippen LogP contribution in [0.5, 0.6) is 5.75 Å². The molecule has 1 amide bonds. The number of nitrogens with zero attached hydrogens (tertiary/aromatic N) is 2. The van der Waals surface area contributed by atoms with Crippen molar-refractivity contribution in [2.45, 2.75) is 32.7 Å². The highest BCUT2D eigenvalue weighted by Gasteiger charge is 2.44. The molecule has 0 spiro atoms. The van der Waals surface area contributed by atoms with Gasteiger partial charge in [0.2, 0.25) is 5.76 Å². The molecule has 2 aromatic carbocycles. The molecule has 1 unspecified atom stereocenters. The molecule has 1 atom stereocenters. The lowest BCUT2D eigenvalue weighted by atomic mass is 9.98. The van der Waals surface area contributed by atoms with Gasteiger partial charge in [0.05, 0.1) is 23.6 Å². The molecule has 166 valence electrons. The second-order valence-electron chi connectivity index (χ2n) is 8.21. The zero-order valence-electron chi connectivity index (χ0n) is 18.6. The fraction of sp³-hybridized carbons (Fsp3) is 0.222. The summed E-state index contributed by atoms with van der Waals surface area (Å²) in [5.41, 5.74) is 2.28. The van der Waals surface area contributed by atoms with Crippen LogP contribution in [0.2, 0.25) is 0 Å². The summed E-state index contributed by atoms with van der Waals surface area (Å²) in [6.07, 6.45) is 3.70. The lowest BCUT2D eigenvalue weighted by Gasteiger charge is -2.24. The van der Waals surface area contributed by atoms with Gasteiger partial charge >= 0.3 is 0 Å². The normalized spacial score (nSPS) is 15.2. The van der Waals surface area contributed by atoms with Crippen molar-refractivity contribution in [2.75, 3.05) is 11.5 Å². The number of para-hydroxylation sites is 1. The first-order valence-electron chi connectivity index (χ1n) is 11.1. The van der Waals surface area contributed by atoms with Crippen molar-refractivity contribution >= 4 is 22.7 Å². The molecule has 6 heteroatoms. The molecule has 3 heterocycles. The number of unbranched alkanes of at least 4 members (excludes halogenated alkanes) is 1. The van der Waals surface area contributed by atoms with Crippen LogP contribution in [0.1, 0.15) is 53.1 Å². The highest BCUT2D eigenvalue weighted by atomic mass is 16.5. The van der Waals surface area contributed by atoms with Crippen LogP contribution in [-0.2, 0) is 0 Å². The number of rotatable bonds is 6. The van der Waals surface area contributed by atoms with Crippen LogP contribution in [0.3, 0.4) is 0 Å². The molecule has 1 aliphatic heterocycles. The van der Waals surface area contributed by atoms with Crippen molar-refractivity contribution in [1.82, 2.24) is 4.98 Å². The highest BCUT2D eigenvalue weighted by Crippen LogP contribution is 2.41. The van der Waals surface area contributed by atoms with Gasteiger partial charge in [-0.2, -0.15) is 0 Å².